The molecule has 3 aromatic rings. The maximum atomic E-state index is 12.8. The predicted octanol–water partition coefficient (Wildman–Crippen LogP) is 4.84. The Bertz CT molecular complexity index is 1180. The number of halogens is 1. The number of amides is 1. The highest BCUT2D eigenvalue weighted by molar-refractivity contribution is 7.71. The van der Waals surface area contributed by atoms with E-state index < -0.39 is 0 Å². The van der Waals surface area contributed by atoms with Gasteiger partial charge in [0, 0.05) is 24.0 Å². The summed E-state index contributed by atoms with van der Waals surface area (Å²) in [6.45, 7) is 1.08. The van der Waals surface area contributed by atoms with Gasteiger partial charge in [-0.3, -0.25) is 14.2 Å². The van der Waals surface area contributed by atoms with Crippen molar-refractivity contribution >= 4 is 40.6 Å². The minimum Gasteiger partial charge on any atom is -0.352 e. The average Bonchev–Trinajstić information content (AvgIpc) is 2.75. The number of nitrogens with one attached hydrogen (secondary N) is 2. The van der Waals surface area contributed by atoms with Gasteiger partial charge in [-0.15, -0.1) is 0 Å². The van der Waals surface area contributed by atoms with Crippen molar-refractivity contribution in [2.45, 2.75) is 38.8 Å². The summed E-state index contributed by atoms with van der Waals surface area (Å²) in [5, 5.41) is 4.35. The number of carbonyl (C=O) groups is 1. The van der Waals surface area contributed by atoms with Crippen molar-refractivity contribution in [3.05, 3.63) is 74.2 Å². The number of carbonyl (C=O) groups excluding carboxylic acids is 1. The van der Waals surface area contributed by atoms with Gasteiger partial charge in [-0.1, -0.05) is 35.9 Å². The molecular formula is C23H24ClN3O2S. The van der Waals surface area contributed by atoms with Crippen LogP contribution in [0.3, 0.4) is 0 Å². The zero-order chi connectivity index (χ0) is 21.1. The van der Waals surface area contributed by atoms with Crippen LogP contribution in [0.5, 0.6) is 0 Å². The molecule has 1 fully saturated rings. The minimum absolute atomic E-state index is 0.0169. The Morgan fingerprint density at radius 1 is 1.13 bits per heavy atom. The van der Waals surface area contributed by atoms with Crippen LogP contribution in [0.2, 0.25) is 5.02 Å². The molecule has 1 amide bonds. The molecule has 156 valence electrons. The first kappa shape index (κ1) is 20.8. The molecule has 30 heavy (non-hydrogen) atoms. The van der Waals surface area contributed by atoms with E-state index in [1.165, 1.54) is 0 Å². The van der Waals surface area contributed by atoms with Gasteiger partial charge in [-0.2, -0.15) is 0 Å². The number of fused-ring (bicyclic) bond motifs is 1. The standard InChI is InChI=1S/C23H24ClN3O2S/c24-18-5-3-4-16(12-18)13-25-21(28)17-10-8-15(9-11-17)14-27-22(29)19-6-1-2-7-20(19)26-23(27)30/h1-7,12,15,17H,8-11,13-14H2,(H,25,28)(H,26,30). The molecule has 0 aliphatic heterocycles. The summed E-state index contributed by atoms with van der Waals surface area (Å²) in [6.07, 6.45) is 3.46. The van der Waals surface area contributed by atoms with Crippen molar-refractivity contribution in [3.63, 3.8) is 0 Å². The molecule has 1 heterocycles. The van der Waals surface area contributed by atoms with Gasteiger partial charge in [0.25, 0.3) is 5.56 Å². The lowest BCUT2D eigenvalue weighted by Crippen LogP contribution is -2.34. The minimum atomic E-state index is -0.0456. The van der Waals surface area contributed by atoms with Crippen LogP contribution in [0.4, 0.5) is 0 Å². The van der Waals surface area contributed by atoms with E-state index in [1.807, 2.05) is 48.5 Å². The summed E-state index contributed by atoms with van der Waals surface area (Å²) in [4.78, 5) is 28.6. The lowest BCUT2D eigenvalue weighted by atomic mass is 9.81. The molecule has 0 unspecified atom stereocenters. The van der Waals surface area contributed by atoms with Crippen LogP contribution in [-0.4, -0.2) is 15.5 Å². The summed E-state index contributed by atoms with van der Waals surface area (Å²) >= 11 is 11.4. The number of para-hydroxylation sites is 1. The molecule has 0 atom stereocenters. The molecule has 2 aromatic carbocycles. The summed E-state index contributed by atoms with van der Waals surface area (Å²) in [7, 11) is 0. The van der Waals surface area contributed by atoms with E-state index in [1.54, 1.807) is 4.57 Å². The van der Waals surface area contributed by atoms with E-state index in [2.05, 4.69) is 10.3 Å². The second kappa shape index (κ2) is 9.14. The molecule has 0 spiro atoms. The van der Waals surface area contributed by atoms with E-state index in [0.29, 0.717) is 34.2 Å². The quantitative estimate of drug-likeness (QED) is 0.557. The molecule has 4 rings (SSSR count). The Kier molecular flexibility index (Phi) is 6.35. The third-order valence-corrected chi connectivity index (χ3v) is 6.46. The Labute approximate surface area is 185 Å². The normalized spacial score (nSPS) is 19.0. The van der Waals surface area contributed by atoms with Gasteiger partial charge in [0.2, 0.25) is 5.91 Å². The van der Waals surface area contributed by atoms with Crippen LogP contribution >= 0.6 is 23.8 Å². The van der Waals surface area contributed by atoms with Gasteiger partial charge in [0.1, 0.15) is 0 Å². The number of aromatic amines is 1. The fraction of sp³-hybridized carbons (Fsp3) is 0.348. The lowest BCUT2D eigenvalue weighted by Gasteiger charge is -2.28. The molecule has 1 aromatic heterocycles. The number of rotatable bonds is 5. The van der Waals surface area contributed by atoms with Crippen molar-refractivity contribution in [3.8, 4) is 0 Å². The Hall–Kier alpha value is -2.44. The average molecular weight is 442 g/mol. The number of benzene rings is 2. The Balaban J connectivity index is 1.35. The largest absolute Gasteiger partial charge is 0.352 e. The Morgan fingerprint density at radius 2 is 1.90 bits per heavy atom. The number of nitrogens with zero attached hydrogens (tertiary/aromatic N) is 1. The zero-order valence-corrected chi connectivity index (χ0v) is 18.1. The first-order valence-electron chi connectivity index (χ1n) is 10.3. The van der Waals surface area contributed by atoms with Crippen LogP contribution in [0.1, 0.15) is 31.2 Å². The Morgan fingerprint density at radius 3 is 2.67 bits per heavy atom. The fourth-order valence-electron chi connectivity index (χ4n) is 4.21. The van der Waals surface area contributed by atoms with Crippen LogP contribution in [0.25, 0.3) is 10.9 Å². The molecular weight excluding hydrogens is 418 g/mol. The molecule has 1 saturated carbocycles. The SMILES string of the molecule is O=C(NCc1cccc(Cl)c1)C1CCC(Cn2c(=S)[nH]c3ccccc3c2=O)CC1. The third kappa shape index (κ3) is 4.65. The number of aromatic nitrogens is 2. The fourth-order valence-corrected chi connectivity index (χ4v) is 4.69. The highest BCUT2D eigenvalue weighted by Gasteiger charge is 2.26. The molecule has 0 radical (unpaired) electrons. The van der Waals surface area contributed by atoms with E-state index in [0.717, 1.165) is 36.8 Å². The molecule has 7 heteroatoms. The molecule has 1 aliphatic rings. The third-order valence-electron chi connectivity index (χ3n) is 5.90. The van der Waals surface area contributed by atoms with Crippen LogP contribution in [0.15, 0.2) is 53.3 Å². The van der Waals surface area contributed by atoms with Gasteiger partial charge in [0.05, 0.1) is 10.9 Å². The topological polar surface area (TPSA) is 66.9 Å². The van der Waals surface area contributed by atoms with Crippen molar-refractivity contribution < 1.29 is 4.79 Å². The van der Waals surface area contributed by atoms with Gasteiger partial charge in [-0.05, 0) is 73.6 Å². The molecule has 0 saturated heterocycles. The summed E-state index contributed by atoms with van der Waals surface area (Å²) in [5.41, 5.74) is 1.72. The summed E-state index contributed by atoms with van der Waals surface area (Å²) < 4.78 is 2.13. The van der Waals surface area contributed by atoms with E-state index >= 15 is 0 Å². The first-order valence-corrected chi connectivity index (χ1v) is 11.0. The van der Waals surface area contributed by atoms with Crippen molar-refractivity contribution in [1.82, 2.24) is 14.9 Å². The highest BCUT2D eigenvalue weighted by atomic mass is 35.5. The second-order valence-corrected chi connectivity index (χ2v) is 8.78. The molecule has 0 bridgehead atoms. The smallest absolute Gasteiger partial charge is 0.262 e. The molecule has 2 N–H and O–H groups in total. The summed E-state index contributed by atoms with van der Waals surface area (Å²) in [6, 6.07) is 15.0. The van der Waals surface area contributed by atoms with Crippen LogP contribution in [0, 0.1) is 16.6 Å². The second-order valence-electron chi connectivity index (χ2n) is 7.96. The zero-order valence-electron chi connectivity index (χ0n) is 16.6. The van der Waals surface area contributed by atoms with Gasteiger partial charge >= 0.3 is 0 Å². The van der Waals surface area contributed by atoms with Gasteiger partial charge in [0.15, 0.2) is 4.77 Å². The number of hydrogen-bond donors (Lipinski definition) is 2. The van der Waals surface area contributed by atoms with Gasteiger partial charge < -0.3 is 10.3 Å². The first-order chi connectivity index (χ1) is 14.5. The maximum absolute atomic E-state index is 12.8. The van der Waals surface area contributed by atoms with Crippen LogP contribution < -0.4 is 10.9 Å². The van der Waals surface area contributed by atoms with Gasteiger partial charge in [-0.25, -0.2) is 0 Å². The maximum Gasteiger partial charge on any atom is 0.262 e. The monoisotopic (exact) mass is 441 g/mol. The summed E-state index contributed by atoms with van der Waals surface area (Å²) in [5.74, 6) is 0.452. The van der Waals surface area contributed by atoms with Crippen molar-refractivity contribution in [1.29, 1.82) is 0 Å². The van der Waals surface area contributed by atoms with Crippen LogP contribution in [-0.2, 0) is 17.9 Å². The van der Waals surface area contributed by atoms with Crippen molar-refractivity contribution in [2.24, 2.45) is 11.8 Å². The highest BCUT2D eigenvalue weighted by Crippen LogP contribution is 2.30. The van der Waals surface area contributed by atoms with E-state index in [4.69, 9.17) is 23.8 Å². The molecule has 1 aliphatic carbocycles. The predicted molar refractivity (Wildman–Crippen MR) is 122 cm³/mol. The van der Waals surface area contributed by atoms with E-state index in [9.17, 15) is 9.59 Å². The molecule has 5 nitrogen and oxygen atoms in total. The number of H-pyrrole nitrogens is 1. The lowest BCUT2D eigenvalue weighted by molar-refractivity contribution is -0.126. The van der Waals surface area contributed by atoms with E-state index in [-0.39, 0.29) is 17.4 Å². The van der Waals surface area contributed by atoms with Crippen molar-refractivity contribution in [2.75, 3.05) is 0 Å². The number of hydrogen-bond acceptors (Lipinski definition) is 3.